The number of nitrogens with zero attached hydrogens (tertiary/aromatic N) is 3. The maximum Gasteiger partial charge on any atom is 0.251 e. The van der Waals surface area contributed by atoms with Gasteiger partial charge in [-0.15, -0.1) is 0 Å². The highest BCUT2D eigenvalue weighted by Crippen LogP contribution is 2.21. The van der Waals surface area contributed by atoms with E-state index in [1.54, 1.807) is 30.7 Å². The maximum atomic E-state index is 14.7. The average molecular weight is 419 g/mol. The van der Waals surface area contributed by atoms with E-state index in [9.17, 15) is 9.18 Å². The number of H-pyrrole nitrogens is 1. The first-order valence-electron chi connectivity index (χ1n) is 10.3. The van der Waals surface area contributed by atoms with Gasteiger partial charge in [-0.2, -0.15) is 0 Å². The minimum atomic E-state index is -0.335. The number of anilines is 1. The van der Waals surface area contributed by atoms with Gasteiger partial charge in [-0.1, -0.05) is 12.1 Å². The van der Waals surface area contributed by atoms with E-state index in [4.69, 9.17) is 4.74 Å². The number of hydrogen-bond donors (Lipinski definition) is 2. The molecule has 0 spiro atoms. The third-order valence-electron chi connectivity index (χ3n) is 5.59. The van der Waals surface area contributed by atoms with Crippen molar-refractivity contribution in [3.63, 3.8) is 0 Å². The van der Waals surface area contributed by atoms with Crippen molar-refractivity contribution in [1.29, 1.82) is 0 Å². The van der Waals surface area contributed by atoms with E-state index >= 15 is 0 Å². The second-order valence-corrected chi connectivity index (χ2v) is 7.66. The lowest BCUT2D eigenvalue weighted by Crippen LogP contribution is -2.28. The second kappa shape index (κ2) is 8.31. The summed E-state index contributed by atoms with van der Waals surface area (Å²) in [6.07, 6.45) is 6.87. The number of hydrogen-bond acceptors (Lipinski definition) is 5. The van der Waals surface area contributed by atoms with Crippen LogP contribution in [0.2, 0.25) is 0 Å². The first-order valence-corrected chi connectivity index (χ1v) is 10.3. The zero-order valence-corrected chi connectivity index (χ0v) is 16.8. The predicted molar refractivity (Wildman–Crippen MR) is 117 cm³/mol. The lowest BCUT2D eigenvalue weighted by molar-refractivity contribution is 0.0903. The van der Waals surface area contributed by atoms with E-state index < -0.39 is 0 Å². The molecular weight excluding hydrogens is 397 g/mol. The standard InChI is InChI=1S/C23H22FN5O2/c24-21-17(2-1-15-3-8-25-22(15)21)14-29-10-5-16(13-20(29)30)19-4-9-26-23(28-19)27-18-6-11-31-12-7-18/h1-5,8-10,13,18,25H,6-7,11-12,14H2,(H,26,27,28). The molecule has 4 heterocycles. The van der Waals surface area contributed by atoms with Crippen molar-refractivity contribution in [3.8, 4) is 11.3 Å². The molecule has 31 heavy (non-hydrogen) atoms. The first kappa shape index (κ1) is 19.4. The number of ether oxygens (including phenoxy) is 1. The van der Waals surface area contributed by atoms with Crippen LogP contribution in [0.1, 0.15) is 18.4 Å². The van der Waals surface area contributed by atoms with Crippen LogP contribution in [0.4, 0.5) is 10.3 Å². The van der Waals surface area contributed by atoms with Crippen LogP contribution in [0.3, 0.4) is 0 Å². The van der Waals surface area contributed by atoms with Gasteiger partial charge in [0.25, 0.3) is 5.56 Å². The Morgan fingerprint density at radius 3 is 2.90 bits per heavy atom. The van der Waals surface area contributed by atoms with Crippen LogP contribution in [0.5, 0.6) is 0 Å². The van der Waals surface area contributed by atoms with Gasteiger partial charge in [0.1, 0.15) is 0 Å². The summed E-state index contributed by atoms with van der Waals surface area (Å²) in [5, 5.41) is 4.14. The summed E-state index contributed by atoms with van der Waals surface area (Å²) in [5.41, 5.74) is 2.04. The van der Waals surface area contributed by atoms with Crippen LogP contribution < -0.4 is 10.9 Å². The Labute approximate surface area is 177 Å². The molecule has 3 aromatic heterocycles. The summed E-state index contributed by atoms with van der Waals surface area (Å²) in [6, 6.07) is 10.8. The zero-order valence-electron chi connectivity index (χ0n) is 16.8. The predicted octanol–water partition coefficient (Wildman–Crippen LogP) is 3.56. The van der Waals surface area contributed by atoms with Crippen molar-refractivity contribution in [3.05, 3.63) is 76.7 Å². The molecule has 0 atom stereocenters. The van der Waals surface area contributed by atoms with E-state index in [1.807, 2.05) is 18.2 Å². The van der Waals surface area contributed by atoms with Crippen molar-refractivity contribution in [2.24, 2.45) is 0 Å². The van der Waals surface area contributed by atoms with E-state index in [1.165, 1.54) is 10.6 Å². The fraction of sp³-hybridized carbons (Fsp3) is 0.261. The normalized spacial score (nSPS) is 14.7. The van der Waals surface area contributed by atoms with Crippen molar-refractivity contribution >= 4 is 16.9 Å². The first-order chi connectivity index (χ1) is 15.2. The smallest absolute Gasteiger partial charge is 0.251 e. The minimum absolute atomic E-state index is 0.153. The molecule has 4 aromatic rings. The molecule has 0 unspecified atom stereocenters. The Morgan fingerprint density at radius 1 is 1.19 bits per heavy atom. The zero-order chi connectivity index (χ0) is 21.2. The van der Waals surface area contributed by atoms with Gasteiger partial charge in [-0.25, -0.2) is 14.4 Å². The topological polar surface area (TPSA) is 84.8 Å². The van der Waals surface area contributed by atoms with Crippen molar-refractivity contribution in [1.82, 2.24) is 19.5 Å². The van der Waals surface area contributed by atoms with Crippen molar-refractivity contribution < 1.29 is 9.13 Å². The molecule has 158 valence electrons. The summed E-state index contributed by atoms with van der Waals surface area (Å²) < 4.78 is 21.6. The van der Waals surface area contributed by atoms with Gasteiger partial charge in [0.2, 0.25) is 5.95 Å². The van der Waals surface area contributed by atoms with Crippen LogP contribution in [-0.2, 0) is 11.3 Å². The molecule has 0 bridgehead atoms. The third kappa shape index (κ3) is 4.06. The molecule has 7 nitrogen and oxygen atoms in total. The highest BCUT2D eigenvalue weighted by atomic mass is 19.1. The number of aromatic amines is 1. The molecule has 0 radical (unpaired) electrons. The Balaban J connectivity index is 1.37. The quantitative estimate of drug-likeness (QED) is 0.517. The van der Waals surface area contributed by atoms with Gasteiger partial charge in [0.05, 0.1) is 17.8 Å². The molecule has 8 heteroatoms. The number of benzene rings is 1. The SMILES string of the molecule is O=c1cc(-c2ccnc(NC3CCOCC3)n2)ccn1Cc1ccc2cc[nH]c2c1F. The fourth-order valence-electron chi connectivity index (χ4n) is 3.85. The molecule has 1 aliphatic rings. The number of pyridine rings is 1. The Morgan fingerprint density at radius 2 is 2.06 bits per heavy atom. The average Bonchev–Trinajstić information content (AvgIpc) is 3.27. The summed E-state index contributed by atoms with van der Waals surface area (Å²) >= 11 is 0. The molecule has 0 amide bonds. The van der Waals surface area contributed by atoms with Crippen LogP contribution in [0.15, 0.2) is 59.8 Å². The molecule has 5 rings (SSSR count). The summed E-state index contributed by atoms with van der Waals surface area (Å²) in [6.45, 7) is 1.61. The molecule has 1 saturated heterocycles. The van der Waals surface area contributed by atoms with Gasteiger partial charge in [0.15, 0.2) is 5.82 Å². The second-order valence-electron chi connectivity index (χ2n) is 7.66. The Kier molecular flexibility index (Phi) is 5.21. The summed E-state index contributed by atoms with van der Waals surface area (Å²) in [7, 11) is 0. The van der Waals surface area contributed by atoms with Crippen LogP contribution in [0.25, 0.3) is 22.2 Å². The lowest BCUT2D eigenvalue weighted by Gasteiger charge is -2.23. The monoisotopic (exact) mass is 419 g/mol. The molecule has 0 aliphatic carbocycles. The molecule has 0 saturated carbocycles. The molecule has 2 N–H and O–H groups in total. The molecule has 1 aromatic carbocycles. The van der Waals surface area contributed by atoms with Gasteiger partial charge in [-0.05, 0) is 31.0 Å². The van der Waals surface area contributed by atoms with Gasteiger partial charge < -0.3 is 19.6 Å². The molecule has 1 fully saturated rings. The number of halogens is 1. The van der Waals surface area contributed by atoms with E-state index in [0.717, 1.165) is 31.4 Å². The number of rotatable bonds is 5. The molecule has 1 aliphatic heterocycles. The fourth-order valence-corrected chi connectivity index (χ4v) is 3.85. The minimum Gasteiger partial charge on any atom is -0.381 e. The third-order valence-corrected chi connectivity index (χ3v) is 5.59. The van der Waals surface area contributed by atoms with Gasteiger partial charge in [0, 0.05) is 60.4 Å². The maximum absolute atomic E-state index is 14.7. The molecular formula is C23H22FN5O2. The van der Waals surface area contributed by atoms with Crippen LogP contribution in [-0.4, -0.2) is 38.8 Å². The number of aromatic nitrogens is 4. The van der Waals surface area contributed by atoms with E-state index in [0.29, 0.717) is 28.3 Å². The largest absolute Gasteiger partial charge is 0.381 e. The van der Waals surface area contributed by atoms with E-state index in [-0.39, 0.29) is 24.0 Å². The summed E-state index contributed by atoms with van der Waals surface area (Å²) in [5.74, 6) is 0.202. The van der Waals surface area contributed by atoms with E-state index in [2.05, 4.69) is 20.3 Å². The van der Waals surface area contributed by atoms with Gasteiger partial charge >= 0.3 is 0 Å². The number of fused-ring (bicyclic) bond motifs is 1. The highest BCUT2D eigenvalue weighted by Gasteiger charge is 2.15. The van der Waals surface area contributed by atoms with Crippen molar-refractivity contribution in [2.45, 2.75) is 25.4 Å². The van der Waals surface area contributed by atoms with Crippen LogP contribution in [0, 0.1) is 5.82 Å². The van der Waals surface area contributed by atoms with Crippen molar-refractivity contribution in [2.75, 3.05) is 18.5 Å². The Bertz CT molecular complexity index is 1280. The van der Waals surface area contributed by atoms with Gasteiger partial charge in [-0.3, -0.25) is 4.79 Å². The Hall–Kier alpha value is -3.52. The number of nitrogens with one attached hydrogen (secondary N) is 2. The summed E-state index contributed by atoms with van der Waals surface area (Å²) in [4.78, 5) is 24.5. The van der Waals surface area contributed by atoms with Crippen LogP contribution >= 0.6 is 0 Å². The lowest BCUT2D eigenvalue weighted by atomic mass is 10.1. The highest BCUT2D eigenvalue weighted by molar-refractivity contribution is 5.80.